The van der Waals surface area contributed by atoms with Gasteiger partial charge in [0.1, 0.15) is 42.7 Å². The molecule has 0 aromatic carbocycles. The number of aliphatic hydroxyl groups excluding tert-OH is 5. The Balaban J connectivity index is 0. The zero-order chi connectivity index (χ0) is 61.5. The smallest absolute Gasteiger partial charge is 0.726 e. The van der Waals surface area contributed by atoms with E-state index in [1.54, 1.807) is 0 Å². The summed E-state index contributed by atoms with van der Waals surface area (Å²) >= 11 is 0. The van der Waals surface area contributed by atoms with Crippen molar-refractivity contribution >= 4 is 60.8 Å². The van der Waals surface area contributed by atoms with Crippen molar-refractivity contribution in [2.75, 3.05) is 59.3 Å². The standard InChI is InChI=1S/C45H77N4O26S2.4Na.H2O4S/c1-4-27-21-28(41(57)47-13-12-46-33(52)11-15-67-18-19-68-17-14-48-42(58)29(75-77(64,65)66)10-16-69-76(61,62)63)22-30(39(27)74-45-38(56)37(55)35(53)24(2)70-45)72-44-34(49-25(3)51)40(36(54)32(23-50)73-44)71-31(43(59)60)20-26-8-6-5-7-9-26;;;;;1-5(2,3)4/h10,24,26-32,34-40,44-45,50,53-56H,4-9,11-23H2,1-3H3,(H,46,52)(H,47,57)(H,48,58)(H,49,51)(H,59,60)(H,61,62,63)(H,64,65,66);;;;;(H2,1,2,3,4)/q-1;4*+1;/p-4/t24?,27?,28?,29-,30+,31-,32-,34?,35+,36-,37-,38?,39+,40?,44+,45-;;;;;/m0...../s1. The van der Waals surface area contributed by atoms with Gasteiger partial charge in [0, 0.05) is 45.0 Å². The van der Waals surface area contributed by atoms with Crippen LogP contribution >= 0.6 is 0 Å². The van der Waals surface area contributed by atoms with Crippen LogP contribution < -0.4 is 145 Å². The average molecular weight is 1340 g/mol. The molecule has 6 unspecified atom stereocenters. The average Bonchev–Trinajstić information content (AvgIpc) is 3.37. The molecule has 4 fully saturated rings. The van der Waals surface area contributed by atoms with E-state index in [1.807, 2.05) is 6.92 Å². The van der Waals surface area contributed by atoms with Gasteiger partial charge in [0.2, 0.25) is 54.8 Å². The summed E-state index contributed by atoms with van der Waals surface area (Å²) in [6, 6.07) is -1.41. The first-order valence-corrected chi connectivity index (χ1v) is 30.2. The SMILES string of the molecule is CCC1CC(C(=O)NCCNC(=O)CCOCCOCCNC(=O)[C@H]([CH-]COS(=O)(=O)[O-])OS(=O)(=O)[O-])C[C@@H](O[C@@H]2O[C@@H](CO)[C@H](O)C(O[C@@H](CC3CCCCC3)C(=O)[O-])C2NC(C)=O)[C@@H]1O[C@@H]1OC(C)[C@@H](O)[C@H](O)C1O.O=S(=O)([O-])O.[Na+].[Na+].[Na+].[Na+]. The third-order valence-corrected chi connectivity index (χ3v) is 14.3. The zero-order valence-corrected chi connectivity index (χ0v) is 59.5. The fraction of sp³-hybridized carbons (Fsp3) is 0.867. The molecular weight excluding hydrogens is 1260 g/mol. The molecule has 4 amide bonds. The van der Waals surface area contributed by atoms with E-state index in [9.17, 15) is 80.6 Å². The number of ether oxygens (including phenoxy) is 7. The van der Waals surface area contributed by atoms with Gasteiger partial charge in [0.15, 0.2) is 12.6 Å². The van der Waals surface area contributed by atoms with Gasteiger partial charge in [-0.2, -0.15) is 0 Å². The minimum Gasteiger partial charge on any atom is -0.726 e. The van der Waals surface area contributed by atoms with E-state index in [0.29, 0.717) is 12.8 Å². The summed E-state index contributed by atoms with van der Waals surface area (Å²) in [6.07, 6.45) is -14.1. The molecule has 34 nitrogen and oxygen atoms in total. The van der Waals surface area contributed by atoms with Crippen LogP contribution in [0.1, 0.15) is 85.0 Å². The number of aliphatic carboxylic acids is 1. The monoisotopic (exact) mass is 1340 g/mol. The number of rotatable bonds is 32. The Kier molecular flexibility index (Phi) is 45.5. The van der Waals surface area contributed by atoms with Crippen LogP contribution in [0.4, 0.5) is 0 Å². The Morgan fingerprint density at radius 2 is 1.34 bits per heavy atom. The van der Waals surface area contributed by atoms with Crippen LogP contribution in [0.5, 0.6) is 0 Å². The molecule has 0 bridgehead atoms. The number of carbonyl (C=O) groups is 5. The number of carboxylic acid groups (broad SMARTS) is 1. The molecule has 0 aromatic heterocycles. The number of hydrogen-bond donors (Lipinski definition) is 10. The molecule has 0 aromatic rings. The molecule has 4 rings (SSSR count). The Morgan fingerprint density at radius 3 is 1.90 bits per heavy atom. The minimum atomic E-state index is -5.42. The Bertz CT molecular complexity index is 2350. The summed E-state index contributed by atoms with van der Waals surface area (Å²) in [5.41, 5.74) is 0. The third-order valence-electron chi connectivity index (χ3n) is 13.5. The maximum Gasteiger partial charge on any atom is 1.00 e. The molecule has 86 heavy (non-hydrogen) atoms. The quantitative estimate of drug-likeness (QED) is 0.00983. The van der Waals surface area contributed by atoms with Gasteiger partial charge in [-0.05, 0) is 38.0 Å². The second-order valence-electron chi connectivity index (χ2n) is 19.6. The maximum absolute atomic E-state index is 13.9. The van der Waals surface area contributed by atoms with Crippen molar-refractivity contribution in [1.82, 2.24) is 21.3 Å². The predicted molar refractivity (Wildman–Crippen MR) is 265 cm³/mol. The molecule has 0 spiro atoms. The topological polar surface area (TPSA) is 533 Å². The number of hydrogen-bond acceptors (Lipinski definition) is 29. The summed E-state index contributed by atoms with van der Waals surface area (Å²) in [5.74, 6) is -5.59. The first-order chi connectivity index (χ1) is 38.3. The van der Waals surface area contributed by atoms with E-state index in [-0.39, 0.29) is 196 Å². The van der Waals surface area contributed by atoms with E-state index in [4.69, 9.17) is 50.7 Å². The van der Waals surface area contributed by atoms with Crippen LogP contribution in [0.2, 0.25) is 0 Å². The minimum absolute atomic E-state index is 0. The van der Waals surface area contributed by atoms with Crippen molar-refractivity contribution in [3.8, 4) is 0 Å². The molecule has 2 heterocycles. The molecule has 2 aliphatic heterocycles. The van der Waals surface area contributed by atoms with Gasteiger partial charge < -0.3 is 108 Å². The maximum atomic E-state index is 13.9. The van der Waals surface area contributed by atoms with E-state index in [2.05, 4.69) is 29.6 Å². The summed E-state index contributed by atoms with van der Waals surface area (Å²) in [5, 5.41) is 76.6. The van der Waals surface area contributed by atoms with Gasteiger partial charge in [0.05, 0.1) is 63.4 Å². The van der Waals surface area contributed by atoms with Crippen LogP contribution in [0, 0.1) is 24.2 Å². The predicted octanol–water partition coefficient (Wildman–Crippen LogP) is -18.6. The van der Waals surface area contributed by atoms with Crippen LogP contribution in [-0.2, 0) is 96.7 Å². The Hall–Kier alpha value is 0.480. The van der Waals surface area contributed by atoms with Crippen LogP contribution in [0.3, 0.4) is 0 Å². The van der Waals surface area contributed by atoms with Gasteiger partial charge in [-0.25, -0.2) is 25.3 Å². The van der Waals surface area contributed by atoms with Crippen molar-refractivity contribution in [3.05, 3.63) is 6.42 Å². The summed E-state index contributed by atoms with van der Waals surface area (Å²) in [7, 11) is -15.5. The van der Waals surface area contributed by atoms with Gasteiger partial charge in [0.25, 0.3) is 0 Å². The van der Waals surface area contributed by atoms with E-state index in [1.165, 1.54) is 13.8 Å². The third kappa shape index (κ3) is 34.1. The van der Waals surface area contributed by atoms with Crippen molar-refractivity contribution in [3.63, 3.8) is 0 Å². The van der Waals surface area contributed by atoms with Gasteiger partial charge in [-0.3, -0.25) is 34.3 Å². The van der Waals surface area contributed by atoms with E-state index in [0.717, 1.165) is 32.1 Å². The van der Waals surface area contributed by atoms with Gasteiger partial charge in [-0.15, -0.1) is 0 Å². The van der Waals surface area contributed by atoms with Crippen molar-refractivity contribution in [2.45, 2.75) is 171 Å². The molecule has 10 N–H and O–H groups in total. The second kappa shape index (κ2) is 44.2. The summed E-state index contributed by atoms with van der Waals surface area (Å²) < 4.78 is 147. The second-order valence-corrected chi connectivity index (χ2v) is 22.5. The first kappa shape index (κ1) is 88.5. The molecule has 2 saturated heterocycles. The number of carbonyl (C=O) groups excluding carboxylic acids is 5. The number of nitrogens with one attached hydrogen (secondary N) is 4. The van der Waals surface area contributed by atoms with Gasteiger partial charge >= 0.3 is 118 Å². The van der Waals surface area contributed by atoms with E-state index < -0.39 is 172 Å². The molecule has 0 radical (unpaired) electrons. The molecule has 2 aliphatic carbocycles. The number of aliphatic hydroxyl groups is 5. The van der Waals surface area contributed by atoms with Crippen molar-refractivity contribution in [2.24, 2.45) is 17.8 Å². The summed E-state index contributed by atoms with van der Waals surface area (Å²) in [6.45, 7) is 2.14. The fourth-order valence-corrected chi connectivity index (χ4v) is 10.2. The van der Waals surface area contributed by atoms with E-state index >= 15 is 0 Å². The van der Waals surface area contributed by atoms with Crippen molar-refractivity contribution < 1.29 is 258 Å². The zero-order valence-electron chi connectivity index (χ0n) is 49.0. The molecule has 478 valence electrons. The van der Waals surface area contributed by atoms with Crippen molar-refractivity contribution in [1.29, 1.82) is 0 Å². The van der Waals surface area contributed by atoms with Crippen LogP contribution in [-0.4, -0.2) is 244 Å². The normalized spacial score (nSPS) is 28.6. The van der Waals surface area contributed by atoms with Crippen LogP contribution in [0.15, 0.2) is 0 Å². The van der Waals surface area contributed by atoms with Gasteiger partial charge in [-0.1, -0.05) is 52.1 Å². The number of carboxylic acids is 1. The molecule has 41 heteroatoms. The fourth-order valence-electron chi connectivity index (χ4n) is 9.55. The molecule has 2 saturated carbocycles. The molecule has 4 aliphatic rings. The van der Waals surface area contributed by atoms with Crippen LogP contribution in [0.25, 0.3) is 0 Å². The molecule has 16 atom stereocenters. The molecular formula is C45H75N4Na4O30S3-. The number of amides is 4. The largest absolute Gasteiger partial charge is 1.00 e. The Labute approximate surface area is 588 Å². The summed E-state index contributed by atoms with van der Waals surface area (Å²) in [4.78, 5) is 63.9. The first-order valence-electron chi connectivity index (χ1n) is 26.1. The Morgan fingerprint density at radius 1 is 0.733 bits per heavy atom.